The van der Waals surface area contributed by atoms with Crippen LogP contribution in [0.3, 0.4) is 0 Å². The number of anilines is 1. The van der Waals surface area contributed by atoms with Crippen molar-refractivity contribution in [2.24, 2.45) is 0 Å². The van der Waals surface area contributed by atoms with E-state index in [1.165, 1.54) is 0 Å². The minimum absolute atomic E-state index is 0.0224. The van der Waals surface area contributed by atoms with Crippen molar-refractivity contribution < 1.29 is 22.7 Å². The van der Waals surface area contributed by atoms with E-state index < -0.39 is 21.5 Å². The van der Waals surface area contributed by atoms with Crippen LogP contribution in [0.25, 0.3) is 0 Å². The smallest absolute Gasteiger partial charge is 0.239 e. The first kappa shape index (κ1) is 22.6. The number of halogens is 1. The Hall–Kier alpha value is -2.09. The Kier molecular flexibility index (Phi) is 8.13. The number of carbonyl (C=O) groups excluding carboxylic acids is 1. The van der Waals surface area contributed by atoms with Crippen LogP contribution in [0.2, 0.25) is 5.02 Å². The number of carbonyl (C=O) groups is 1. The molecular formula is C22H26ClNO5S. The number of benzene rings is 2. The van der Waals surface area contributed by atoms with Crippen LogP contribution < -0.4 is 10.1 Å². The van der Waals surface area contributed by atoms with Gasteiger partial charge in [-0.15, -0.1) is 0 Å². The maximum absolute atomic E-state index is 12.4. The second-order valence-corrected chi connectivity index (χ2v) is 9.94. The number of amides is 1. The SMILES string of the molecule is O=C(CS(=O)(=O)CCCc1ccccc1)Nc1cc(Cl)ccc1OCC1CCCO1. The van der Waals surface area contributed by atoms with Gasteiger partial charge in [-0.3, -0.25) is 4.79 Å². The Morgan fingerprint density at radius 1 is 1.20 bits per heavy atom. The third kappa shape index (κ3) is 7.31. The van der Waals surface area contributed by atoms with Gasteiger partial charge in [0.05, 0.1) is 17.5 Å². The summed E-state index contributed by atoms with van der Waals surface area (Å²) in [5, 5.41) is 3.04. The topological polar surface area (TPSA) is 81.7 Å². The highest BCUT2D eigenvalue weighted by molar-refractivity contribution is 7.92. The number of rotatable bonds is 10. The first-order valence-corrected chi connectivity index (χ1v) is 12.2. The molecule has 6 nitrogen and oxygen atoms in total. The minimum Gasteiger partial charge on any atom is -0.489 e. The molecule has 1 N–H and O–H groups in total. The van der Waals surface area contributed by atoms with Crippen LogP contribution in [0.5, 0.6) is 5.75 Å². The molecule has 1 fully saturated rings. The minimum atomic E-state index is -3.53. The van der Waals surface area contributed by atoms with Crippen molar-refractivity contribution in [2.75, 3.05) is 30.0 Å². The molecule has 3 rings (SSSR count). The van der Waals surface area contributed by atoms with E-state index >= 15 is 0 Å². The van der Waals surface area contributed by atoms with E-state index in [1.807, 2.05) is 30.3 Å². The van der Waals surface area contributed by atoms with Crippen molar-refractivity contribution in [3.8, 4) is 5.75 Å². The van der Waals surface area contributed by atoms with Crippen molar-refractivity contribution in [3.05, 3.63) is 59.1 Å². The molecule has 1 aliphatic rings. The van der Waals surface area contributed by atoms with Crippen LogP contribution in [0.1, 0.15) is 24.8 Å². The van der Waals surface area contributed by atoms with Gasteiger partial charge < -0.3 is 14.8 Å². The summed E-state index contributed by atoms with van der Waals surface area (Å²) in [7, 11) is -3.53. The second-order valence-electron chi connectivity index (χ2n) is 7.32. The lowest BCUT2D eigenvalue weighted by atomic mass is 10.1. The molecule has 162 valence electrons. The summed E-state index contributed by atoms with van der Waals surface area (Å²) in [5.74, 6) is -0.809. The van der Waals surface area contributed by atoms with Crippen molar-refractivity contribution in [3.63, 3.8) is 0 Å². The summed E-state index contributed by atoms with van der Waals surface area (Å²) in [6.07, 6.45) is 3.06. The Bertz CT molecular complexity index is 943. The average molecular weight is 452 g/mol. The highest BCUT2D eigenvalue weighted by Gasteiger charge is 2.20. The molecule has 0 aromatic heterocycles. The molecule has 2 aromatic rings. The standard InChI is InChI=1S/C22H26ClNO5S/c23-18-10-11-21(29-15-19-9-4-12-28-19)20(14-18)24-22(25)16-30(26,27)13-5-8-17-6-2-1-3-7-17/h1-3,6-7,10-11,14,19H,4-5,8-9,12-13,15-16H2,(H,24,25). The average Bonchev–Trinajstić information content (AvgIpc) is 3.21. The van der Waals surface area contributed by atoms with E-state index in [-0.39, 0.29) is 11.9 Å². The summed E-state index contributed by atoms with van der Waals surface area (Å²) in [4.78, 5) is 12.4. The molecule has 1 unspecified atom stereocenters. The summed E-state index contributed by atoms with van der Waals surface area (Å²) < 4.78 is 36.0. The quantitative estimate of drug-likeness (QED) is 0.592. The van der Waals surface area contributed by atoms with Crippen molar-refractivity contribution >= 4 is 33.0 Å². The van der Waals surface area contributed by atoms with Gasteiger partial charge in [0.15, 0.2) is 9.84 Å². The Balaban J connectivity index is 1.53. The van der Waals surface area contributed by atoms with Crippen molar-refractivity contribution in [2.45, 2.75) is 31.8 Å². The van der Waals surface area contributed by atoms with Crippen molar-refractivity contribution in [1.82, 2.24) is 0 Å². The molecular weight excluding hydrogens is 426 g/mol. The number of ether oxygens (including phenoxy) is 2. The van der Waals surface area contributed by atoms with E-state index in [0.717, 1.165) is 25.0 Å². The first-order chi connectivity index (χ1) is 14.4. The Morgan fingerprint density at radius 2 is 2.00 bits per heavy atom. The van der Waals surface area contributed by atoms with Crippen LogP contribution in [-0.4, -0.2) is 45.1 Å². The van der Waals surface area contributed by atoms with E-state index in [1.54, 1.807) is 18.2 Å². The van der Waals surface area contributed by atoms with E-state index in [4.69, 9.17) is 21.1 Å². The van der Waals surface area contributed by atoms with Gasteiger partial charge in [-0.25, -0.2) is 8.42 Å². The zero-order valence-corrected chi connectivity index (χ0v) is 18.3. The maximum atomic E-state index is 12.4. The van der Waals surface area contributed by atoms with Gasteiger partial charge in [-0.1, -0.05) is 41.9 Å². The molecule has 1 atom stereocenters. The van der Waals surface area contributed by atoms with Crippen LogP contribution in [-0.2, 0) is 25.8 Å². The molecule has 30 heavy (non-hydrogen) atoms. The van der Waals surface area contributed by atoms with Gasteiger partial charge in [0.25, 0.3) is 0 Å². The Morgan fingerprint density at radius 3 is 2.73 bits per heavy atom. The predicted octanol–water partition coefficient (Wildman–Crippen LogP) is 3.88. The van der Waals surface area contributed by atoms with E-state index in [0.29, 0.717) is 35.9 Å². The zero-order valence-electron chi connectivity index (χ0n) is 16.7. The monoisotopic (exact) mass is 451 g/mol. The summed E-state index contributed by atoms with van der Waals surface area (Å²) >= 11 is 6.04. The molecule has 8 heteroatoms. The number of hydrogen-bond acceptors (Lipinski definition) is 5. The first-order valence-electron chi connectivity index (χ1n) is 9.99. The lowest BCUT2D eigenvalue weighted by Gasteiger charge is -2.15. The van der Waals surface area contributed by atoms with Crippen LogP contribution >= 0.6 is 11.6 Å². The third-order valence-electron chi connectivity index (χ3n) is 4.78. The number of nitrogens with one attached hydrogen (secondary N) is 1. The van der Waals surface area contributed by atoms with Gasteiger partial charge in [-0.05, 0) is 49.4 Å². The maximum Gasteiger partial charge on any atom is 0.239 e. The molecule has 0 saturated carbocycles. The van der Waals surface area contributed by atoms with Crippen LogP contribution in [0.4, 0.5) is 5.69 Å². The molecule has 0 aliphatic carbocycles. The summed E-state index contributed by atoms with van der Waals surface area (Å²) in [6.45, 7) is 1.09. The highest BCUT2D eigenvalue weighted by atomic mass is 35.5. The molecule has 0 radical (unpaired) electrons. The summed E-state index contributed by atoms with van der Waals surface area (Å²) in [6, 6.07) is 14.5. The molecule has 2 aromatic carbocycles. The second kappa shape index (κ2) is 10.8. The lowest BCUT2D eigenvalue weighted by molar-refractivity contribution is -0.113. The third-order valence-corrected chi connectivity index (χ3v) is 6.63. The van der Waals surface area contributed by atoms with Gasteiger partial charge in [0, 0.05) is 11.6 Å². The van der Waals surface area contributed by atoms with Gasteiger partial charge in [0.1, 0.15) is 18.1 Å². The van der Waals surface area contributed by atoms with Crippen LogP contribution in [0.15, 0.2) is 48.5 Å². The highest BCUT2D eigenvalue weighted by Crippen LogP contribution is 2.29. The molecule has 1 heterocycles. The fraction of sp³-hybridized carbons (Fsp3) is 0.409. The molecule has 0 spiro atoms. The van der Waals surface area contributed by atoms with Gasteiger partial charge >= 0.3 is 0 Å². The summed E-state index contributed by atoms with van der Waals surface area (Å²) in [5.41, 5.74) is 1.43. The number of hydrogen-bond donors (Lipinski definition) is 1. The van der Waals surface area contributed by atoms with Gasteiger partial charge in [0.2, 0.25) is 5.91 Å². The number of aryl methyl sites for hydroxylation is 1. The van der Waals surface area contributed by atoms with E-state index in [2.05, 4.69) is 5.32 Å². The fourth-order valence-electron chi connectivity index (χ4n) is 3.28. The fourth-order valence-corrected chi connectivity index (χ4v) is 4.66. The van der Waals surface area contributed by atoms with E-state index in [9.17, 15) is 13.2 Å². The normalized spacial score (nSPS) is 16.4. The number of sulfone groups is 1. The molecule has 1 amide bonds. The Labute approximate surface area is 182 Å². The zero-order chi connectivity index (χ0) is 21.4. The molecule has 1 aliphatic heterocycles. The van der Waals surface area contributed by atoms with Crippen molar-refractivity contribution in [1.29, 1.82) is 0 Å². The van der Waals surface area contributed by atoms with Crippen LogP contribution in [0, 0.1) is 0 Å². The molecule has 1 saturated heterocycles. The largest absolute Gasteiger partial charge is 0.489 e. The predicted molar refractivity (Wildman–Crippen MR) is 118 cm³/mol. The molecule has 0 bridgehead atoms. The van der Waals surface area contributed by atoms with Gasteiger partial charge in [-0.2, -0.15) is 0 Å². The lowest BCUT2D eigenvalue weighted by Crippen LogP contribution is -2.25.